The Morgan fingerprint density at radius 2 is 1.75 bits per heavy atom. The maximum Gasteiger partial charge on any atom is 0.248 e. The van der Waals surface area contributed by atoms with Crippen molar-refractivity contribution in [2.24, 2.45) is 5.73 Å². The SMILES string of the molecule is NC(=O)c1ccc(C[NH+]2CCc3ccccc3C2)cc1. The number of quaternary nitrogens is 1. The van der Waals surface area contributed by atoms with Gasteiger partial charge in [0.15, 0.2) is 0 Å². The van der Waals surface area contributed by atoms with Gasteiger partial charge in [0.25, 0.3) is 0 Å². The molecule has 0 saturated carbocycles. The summed E-state index contributed by atoms with van der Waals surface area (Å²) in [7, 11) is 0. The Labute approximate surface area is 119 Å². The Balaban J connectivity index is 1.69. The highest BCUT2D eigenvalue weighted by atomic mass is 16.1. The van der Waals surface area contributed by atoms with Gasteiger partial charge in [0.2, 0.25) is 5.91 Å². The van der Waals surface area contributed by atoms with Crippen LogP contribution in [0.2, 0.25) is 0 Å². The van der Waals surface area contributed by atoms with Gasteiger partial charge < -0.3 is 10.6 Å². The molecule has 0 aromatic heterocycles. The number of benzene rings is 2. The van der Waals surface area contributed by atoms with Crippen molar-refractivity contribution in [2.75, 3.05) is 6.54 Å². The number of nitrogens with two attached hydrogens (primary N) is 1. The number of rotatable bonds is 3. The average molecular weight is 267 g/mol. The normalized spacial score (nSPS) is 17.5. The fourth-order valence-electron chi connectivity index (χ4n) is 2.87. The van der Waals surface area contributed by atoms with Crippen LogP contribution in [0.15, 0.2) is 48.5 Å². The minimum absolute atomic E-state index is 0.365. The predicted molar refractivity (Wildman–Crippen MR) is 78.3 cm³/mol. The summed E-state index contributed by atoms with van der Waals surface area (Å²) >= 11 is 0. The maximum absolute atomic E-state index is 11.1. The van der Waals surface area contributed by atoms with Gasteiger partial charge in [-0.15, -0.1) is 0 Å². The van der Waals surface area contributed by atoms with Crippen LogP contribution in [0.5, 0.6) is 0 Å². The van der Waals surface area contributed by atoms with E-state index in [0.717, 1.165) is 26.1 Å². The first-order valence-electron chi connectivity index (χ1n) is 7.01. The van der Waals surface area contributed by atoms with E-state index in [9.17, 15) is 4.79 Å². The van der Waals surface area contributed by atoms with Crippen LogP contribution in [0, 0.1) is 0 Å². The number of carbonyl (C=O) groups is 1. The van der Waals surface area contributed by atoms with E-state index in [2.05, 4.69) is 24.3 Å². The molecule has 1 amide bonds. The summed E-state index contributed by atoms with van der Waals surface area (Å²) in [5.41, 5.74) is 10.0. The molecular formula is C17H19N2O+. The van der Waals surface area contributed by atoms with E-state index in [0.29, 0.717) is 5.56 Å². The van der Waals surface area contributed by atoms with E-state index in [1.807, 2.05) is 24.3 Å². The van der Waals surface area contributed by atoms with Crippen LogP contribution in [-0.4, -0.2) is 12.5 Å². The number of amides is 1. The molecule has 0 bridgehead atoms. The Morgan fingerprint density at radius 3 is 2.45 bits per heavy atom. The Morgan fingerprint density at radius 1 is 1.05 bits per heavy atom. The molecule has 0 aliphatic carbocycles. The summed E-state index contributed by atoms with van der Waals surface area (Å²) in [6.45, 7) is 3.23. The zero-order chi connectivity index (χ0) is 13.9. The summed E-state index contributed by atoms with van der Waals surface area (Å²) < 4.78 is 0. The molecular weight excluding hydrogens is 248 g/mol. The van der Waals surface area contributed by atoms with Gasteiger partial charge >= 0.3 is 0 Å². The highest BCUT2D eigenvalue weighted by molar-refractivity contribution is 5.92. The molecule has 1 atom stereocenters. The molecule has 102 valence electrons. The molecule has 0 saturated heterocycles. The topological polar surface area (TPSA) is 47.5 Å². The second-order valence-corrected chi connectivity index (χ2v) is 5.43. The van der Waals surface area contributed by atoms with Crippen molar-refractivity contribution >= 4 is 5.91 Å². The van der Waals surface area contributed by atoms with Crippen LogP contribution in [0.3, 0.4) is 0 Å². The van der Waals surface area contributed by atoms with Crippen LogP contribution in [-0.2, 0) is 19.5 Å². The van der Waals surface area contributed by atoms with Crippen molar-refractivity contribution in [1.29, 1.82) is 0 Å². The highest BCUT2D eigenvalue weighted by Crippen LogP contribution is 2.11. The van der Waals surface area contributed by atoms with Crippen LogP contribution < -0.4 is 10.6 Å². The lowest BCUT2D eigenvalue weighted by Crippen LogP contribution is -3.10. The van der Waals surface area contributed by atoms with E-state index in [4.69, 9.17) is 5.73 Å². The van der Waals surface area contributed by atoms with E-state index in [1.54, 1.807) is 4.90 Å². The molecule has 3 N–H and O–H groups in total. The number of carbonyl (C=O) groups excluding carboxylic acids is 1. The smallest absolute Gasteiger partial charge is 0.248 e. The molecule has 0 spiro atoms. The Hall–Kier alpha value is -2.13. The van der Waals surface area contributed by atoms with E-state index < -0.39 is 0 Å². The Kier molecular flexibility index (Phi) is 3.52. The van der Waals surface area contributed by atoms with Gasteiger partial charge in [0, 0.05) is 23.1 Å². The molecule has 0 radical (unpaired) electrons. The predicted octanol–water partition coefficient (Wildman–Crippen LogP) is 0.927. The average Bonchev–Trinajstić information content (AvgIpc) is 2.48. The zero-order valence-electron chi connectivity index (χ0n) is 11.4. The zero-order valence-corrected chi connectivity index (χ0v) is 11.4. The van der Waals surface area contributed by atoms with Gasteiger partial charge in [-0.3, -0.25) is 4.79 Å². The largest absolute Gasteiger partial charge is 0.366 e. The number of hydrogen-bond donors (Lipinski definition) is 2. The lowest BCUT2D eigenvalue weighted by molar-refractivity contribution is -0.929. The van der Waals surface area contributed by atoms with Crippen LogP contribution in [0.25, 0.3) is 0 Å². The first-order chi connectivity index (χ1) is 9.72. The van der Waals surface area contributed by atoms with Crippen molar-refractivity contribution in [2.45, 2.75) is 19.5 Å². The third-order valence-electron chi connectivity index (χ3n) is 4.00. The summed E-state index contributed by atoms with van der Waals surface area (Å²) in [6.07, 6.45) is 1.14. The molecule has 1 unspecified atom stereocenters. The summed E-state index contributed by atoms with van der Waals surface area (Å²) in [4.78, 5) is 12.6. The standard InChI is InChI=1S/C17H18N2O/c18-17(20)15-7-5-13(6-8-15)11-19-10-9-14-3-1-2-4-16(14)12-19/h1-8H,9-12H2,(H2,18,20)/p+1. The van der Waals surface area contributed by atoms with Gasteiger partial charge in [-0.05, 0) is 17.7 Å². The number of primary amides is 1. The van der Waals surface area contributed by atoms with Crippen molar-refractivity contribution in [1.82, 2.24) is 0 Å². The quantitative estimate of drug-likeness (QED) is 0.854. The van der Waals surface area contributed by atoms with Crippen LogP contribution in [0.4, 0.5) is 0 Å². The lowest BCUT2D eigenvalue weighted by Gasteiger charge is -2.25. The van der Waals surface area contributed by atoms with Crippen molar-refractivity contribution in [3.63, 3.8) is 0 Å². The molecule has 20 heavy (non-hydrogen) atoms. The molecule has 1 heterocycles. The minimum Gasteiger partial charge on any atom is -0.366 e. The second-order valence-electron chi connectivity index (χ2n) is 5.43. The van der Waals surface area contributed by atoms with Gasteiger partial charge in [-0.2, -0.15) is 0 Å². The van der Waals surface area contributed by atoms with Gasteiger partial charge in [-0.1, -0.05) is 36.4 Å². The second kappa shape index (κ2) is 5.47. The lowest BCUT2D eigenvalue weighted by atomic mass is 9.99. The molecule has 3 nitrogen and oxygen atoms in total. The number of hydrogen-bond acceptors (Lipinski definition) is 1. The molecule has 2 aromatic carbocycles. The van der Waals surface area contributed by atoms with E-state index >= 15 is 0 Å². The summed E-state index contributed by atoms with van der Waals surface area (Å²) in [5, 5.41) is 0. The molecule has 1 aliphatic heterocycles. The van der Waals surface area contributed by atoms with Crippen LogP contribution in [0.1, 0.15) is 27.0 Å². The number of fused-ring (bicyclic) bond motifs is 1. The van der Waals surface area contributed by atoms with E-state index in [1.165, 1.54) is 16.7 Å². The Bertz CT molecular complexity index is 619. The maximum atomic E-state index is 11.1. The summed E-state index contributed by atoms with van der Waals surface area (Å²) in [5.74, 6) is -0.365. The molecule has 3 heteroatoms. The third-order valence-corrected chi connectivity index (χ3v) is 4.00. The number of nitrogens with one attached hydrogen (secondary N) is 1. The first-order valence-corrected chi connectivity index (χ1v) is 7.01. The highest BCUT2D eigenvalue weighted by Gasteiger charge is 2.18. The fraction of sp³-hybridized carbons (Fsp3) is 0.235. The van der Waals surface area contributed by atoms with Gasteiger partial charge in [-0.25, -0.2) is 0 Å². The van der Waals surface area contributed by atoms with Crippen molar-refractivity contribution < 1.29 is 9.69 Å². The van der Waals surface area contributed by atoms with Crippen molar-refractivity contribution in [3.8, 4) is 0 Å². The molecule has 1 aliphatic rings. The molecule has 3 rings (SSSR count). The monoisotopic (exact) mass is 267 g/mol. The minimum atomic E-state index is -0.365. The molecule has 0 fully saturated rings. The van der Waals surface area contributed by atoms with Crippen LogP contribution >= 0.6 is 0 Å². The van der Waals surface area contributed by atoms with Gasteiger partial charge in [0.05, 0.1) is 6.54 Å². The summed E-state index contributed by atoms with van der Waals surface area (Å²) in [6, 6.07) is 16.3. The fourth-order valence-corrected chi connectivity index (χ4v) is 2.87. The van der Waals surface area contributed by atoms with Gasteiger partial charge in [0.1, 0.15) is 13.1 Å². The molecule has 2 aromatic rings. The van der Waals surface area contributed by atoms with E-state index in [-0.39, 0.29) is 5.91 Å². The van der Waals surface area contributed by atoms with Crippen molar-refractivity contribution in [3.05, 3.63) is 70.8 Å². The third kappa shape index (κ3) is 2.73. The first kappa shape index (κ1) is 12.9.